The molecule has 0 bridgehead atoms. The Morgan fingerprint density at radius 1 is 0.733 bits per heavy atom. The van der Waals surface area contributed by atoms with Crippen LogP contribution in [0.5, 0.6) is 0 Å². The van der Waals surface area contributed by atoms with Crippen LogP contribution in [0.3, 0.4) is 0 Å². The van der Waals surface area contributed by atoms with Crippen molar-refractivity contribution < 1.29 is 58.7 Å². The summed E-state index contributed by atoms with van der Waals surface area (Å²) in [6.07, 6.45) is -14.5. The van der Waals surface area contributed by atoms with Crippen LogP contribution in [0.4, 0.5) is 0 Å². The third-order valence-electron chi connectivity index (χ3n) is 8.82. The first kappa shape index (κ1) is 36.6. The van der Waals surface area contributed by atoms with E-state index in [1.165, 1.54) is 0 Å². The van der Waals surface area contributed by atoms with Crippen LogP contribution in [0, 0.1) is 0 Å². The van der Waals surface area contributed by atoms with Crippen molar-refractivity contribution in [2.24, 2.45) is 34.4 Å². The van der Waals surface area contributed by atoms with Gasteiger partial charge in [0.05, 0.1) is 30.8 Å². The summed E-state index contributed by atoms with van der Waals surface area (Å²) in [6.45, 7) is -0.462. The quantitative estimate of drug-likeness (QED) is 0.0930. The van der Waals surface area contributed by atoms with Crippen molar-refractivity contribution in [3.8, 4) is 0 Å². The molecule has 4 rings (SSSR count). The summed E-state index contributed by atoms with van der Waals surface area (Å²) in [5.74, 6) is -0.409. The highest BCUT2D eigenvalue weighted by molar-refractivity contribution is 5.76. The van der Waals surface area contributed by atoms with E-state index in [4.69, 9.17) is 62.8 Å². The number of nitrogens with one attached hydrogen (secondary N) is 1. The summed E-state index contributed by atoms with van der Waals surface area (Å²) < 4.78 is 35.5. The van der Waals surface area contributed by atoms with Crippen LogP contribution in [0.2, 0.25) is 0 Å². The van der Waals surface area contributed by atoms with Gasteiger partial charge in [-0.05, 0) is 19.3 Å². The Labute approximate surface area is 260 Å². The molecule has 3 heterocycles. The molecule has 18 N–H and O–H groups in total. The van der Waals surface area contributed by atoms with Crippen LogP contribution in [0.15, 0.2) is 0 Å². The number of ether oxygens (including phenoxy) is 6. The normalized spacial score (nSPS) is 47.5. The van der Waals surface area contributed by atoms with Gasteiger partial charge in [0.2, 0.25) is 5.91 Å². The number of nitrogens with two attached hydrogens (primary N) is 6. The average molecular weight is 654 g/mol. The average Bonchev–Trinajstić information content (AvgIpc) is 3.31. The second-order valence-corrected chi connectivity index (χ2v) is 12.1. The summed E-state index contributed by atoms with van der Waals surface area (Å²) in [5, 5.41) is 56.0. The highest BCUT2D eigenvalue weighted by Crippen LogP contribution is 2.34. The van der Waals surface area contributed by atoms with Gasteiger partial charge in [-0.15, -0.1) is 0 Å². The zero-order valence-electron chi connectivity index (χ0n) is 25.0. The Bertz CT molecular complexity index is 945. The highest BCUT2D eigenvalue weighted by atomic mass is 16.8. The molecule has 3 saturated heterocycles. The minimum Gasteiger partial charge on any atom is -0.394 e. The fourth-order valence-electron chi connectivity index (χ4n) is 6.17. The zero-order chi connectivity index (χ0) is 33.0. The molecule has 4 aliphatic rings. The molecule has 19 heteroatoms. The minimum absolute atomic E-state index is 0.0128. The van der Waals surface area contributed by atoms with Gasteiger partial charge in [0, 0.05) is 32.1 Å². The number of amides is 1. The predicted octanol–water partition coefficient (Wildman–Crippen LogP) is -7.33. The monoisotopic (exact) mass is 653 g/mol. The fourth-order valence-corrected chi connectivity index (χ4v) is 6.17. The third kappa shape index (κ3) is 8.27. The van der Waals surface area contributed by atoms with Crippen molar-refractivity contribution in [3.63, 3.8) is 0 Å². The van der Waals surface area contributed by atoms with Crippen LogP contribution in [0.1, 0.15) is 25.7 Å². The standard InChI is InChI=1S/C26H51N7O12/c27-4-3-15(35)33-12-5-11(31)21(43-24-10(30)2-1-9(6-28)40-24)23(17(12)36)45-26-20(39)22(14(8-34)42-26)44-25-16(32)19(38)18(37)13(7-29)41-25/h9-14,16-26,34,36-39H,1-8,27-32H2,(H,33,35)/t9-,10+,11-,12+,13-,14+,16+,17-,18+,19+,20+,21+,22+,23+,24+,25+,26-/m0/s1. The van der Waals surface area contributed by atoms with E-state index in [0.29, 0.717) is 12.8 Å². The number of carbonyl (C=O) groups is 1. The third-order valence-corrected chi connectivity index (χ3v) is 8.82. The number of hydrogen-bond donors (Lipinski definition) is 12. The molecule has 0 radical (unpaired) electrons. The maximum Gasteiger partial charge on any atom is 0.221 e. The lowest BCUT2D eigenvalue weighted by Crippen LogP contribution is -2.66. The Morgan fingerprint density at radius 3 is 2.04 bits per heavy atom. The number of hydrogen-bond acceptors (Lipinski definition) is 18. The Balaban J connectivity index is 1.53. The predicted molar refractivity (Wildman–Crippen MR) is 153 cm³/mol. The molecule has 1 saturated carbocycles. The van der Waals surface area contributed by atoms with Crippen molar-refractivity contribution in [2.75, 3.05) is 26.2 Å². The molecular weight excluding hydrogens is 602 g/mol. The van der Waals surface area contributed by atoms with E-state index in [1.54, 1.807) is 0 Å². The van der Waals surface area contributed by atoms with E-state index in [0.717, 1.165) is 0 Å². The minimum atomic E-state index is -1.59. The van der Waals surface area contributed by atoms with E-state index in [-0.39, 0.29) is 38.6 Å². The van der Waals surface area contributed by atoms with Crippen LogP contribution in [-0.2, 0) is 33.2 Å². The van der Waals surface area contributed by atoms with Crippen molar-refractivity contribution in [2.45, 2.75) is 130 Å². The Kier molecular flexibility index (Phi) is 13.2. The van der Waals surface area contributed by atoms with Crippen LogP contribution < -0.4 is 39.7 Å². The van der Waals surface area contributed by atoms with E-state index in [9.17, 15) is 30.3 Å². The second kappa shape index (κ2) is 16.3. The Morgan fingerprint density at radius 2 is 1.40 bits per heavy atom. The molecule has 3 aliphatic heterocycles. The molecule has 0 aromatic heterocycles. The molecule has 0 spiro atoms. The zero-order valence-corrected chi connectivity index (χ0v) is 25.0. The van der Waals surface area contributed by atoms with E-state index < -0.39 is 110 Å². The maximum absolute atomic E-state index is 12.4. The van der Waals surface area contributed by atoms with Crippen molar-refractivity contribution in [3.05, 3.63) is 0 Å². The van der Waals surface area contributed by atoms with E-state index >= 15 is 0 Å². The number of carbonyl (C=O) groups excluding carboxylic acids is 1. The molecule has 262 valence electrons. The molecular formula is C26H51N7O12. The first-order chi connectivity index (χ1) is 21.4. The van der Waals surface area contributed by atoms with Gasteiger partial charge >= 0.3 is 0 Å². The van der Waals surface area contributed by atoms with Gasteiger partial charge in [0.1, 0.15) is 54.9 Å². The van der Waals surface area contributed by atoms with Crippen molar-refractivity contribution in [1.82, 2.24) is 5.32 Å². The molecule has 0 aromatic carbocycles. The van der Waals surface area contributed by atoms with Crippen molar-refractivity contribution in [1.29, 1.82) is 0 Å². The summed E-state index contributed by atoms with van der Waals surface area (Å²) in [6, 6.07) is -3.46. The smallest absolute Gasteiger partial charge is 0.221 e. The molecule has 4 fully saturated rings. The van der Waals surface area contributed by atoms with E-state index in [2.05, 4.69) is 5.32 Å². The first-order valence-electron chi connectivity index (χ1n) is 15.4. The summed E-state index contributed by atoms with van der Waals surface area (Å²) in [4.78, 5) is 12.4. The molecule has 19 nitrogen and oxygen atoms in total. The van der Waals surface area contributed by atoms with Gasteiger partial charge in [0.15, 0.2) is 18.9 Å². The van der Waals surface area contributed by atoms with Crippen LogP contribution in [-0.4, -0.2) is 162 Å². The summed E-state index contributed by atoms with van der Waals surface area (Å²) in [5.41, 5.74) is 35.7. The molecule has 0 aromatic rings. The summed E-state index contributed by atoms with van der Waals surface area (Å²) in [7, 11) is 0. The second-order valence-electron chi connectivity index (χ2n) is 12.1. The SMILES string of the molecule is NCCC(=O)N[C@@H]1C[C@H](N)[C@@H](O[C@H]2O[C@H](CN)CC[C@H]2N)[C@H](O[C@@H]2O[C@H](CO)[C@@H](O[C@H]3O[C@@H](CN)[C@@H](O)[C@H](O)[C@H]3N)[C@H]2O)[C@H]1O. The first-order valence-corrected chi connectivity index (χ1v) is 15.4. The van der Waals surface area contributed by atoms with Crippen LogP contribution >= 0.6 is 0 Å². The van der Waals surface area contributed by atoms with Gasteiger partial charge in [-0.2, -0.15) is 0 Å². The van der Waals surface area contributed by atoms with Gasteiger partial charge in [-0.25, -0.2) is 0 Å². The number of aliphatic hydroxyl groups is 5. The molecule has 17 atom stereocenters. The lowest BCUT2D eigenvalue weighted by atomic mass is 9.83. The number of rotatable bonds is 12. The molecule has 0 unspecified atom stereocenters. The van der Waals surface area contributed by atoms with Gasteiger partial charge < -0.3 is 93.7 Å². The Hall–Kier alpha value is -1.21. The maximum atomic E-state index is 12.4. The summed E-state index contributed by atoms with van der Waals surface area (Å²) >= 11 is 0. The largest absolute Gasteiger partial charge is 0.394 e. The van der Waals surface area contributed by atoms with Gasteiger partial charge in [-0.3, -0.25) is 4.79 Å². The highest BCUT2D eigenvalue weighted by Gasteiger charge is 2.54. The molecule has 1 amide bonds. The van der Waals surface area contributed by atoms with Gasteiger partial charge in [-0.1, -0.05) is 0 Å². The molecule has 45 heavy (non-hydrogen) atoms. The number of aliphatic hydroxyl groups excluding tert-OH is 5. The topological polar surface area (TPSA) is 342 Å². The van der Waals surface area contributed by atoms with Gasteiger partial charge in [0.25, 0.3) is 0 Å². The fraction of sp³-hybridized carbons (Fsp3) is 0.962. The van der Waals surface area contributed by atoms with Crippen LogP contribution in [0.25, 0.3) is 0 Å². The van der Waals surface area contributed by atoms with Crippen molar-refractivity contribution >= 4 is 5.91 Å². The lowest BCUT2D eigenvalue weighted by Gasteiger charge is -2.46. The molecule has 1 aliphatic carbocycles. The lowest BCUT2D eigenvalue weighted by molar-refractivity contribution is -0.289. The van der Waals surface area contributed by atoms with E-state index in [1.807, 2.05) is 0 Å².